The lowest BCUT2D eigenvalue weighted by atomic mass is 10.2. The number of primary amides is 1. The average molecular weight is 425 g/mol. The number of ether oxygens (including phenoxy) is 2. The van der Waals surface area contributed by atoms with E-state index in [1.807, 2.05) is 53.1 Å². The van der Waals surface area contributed by atoms with Crippen molar-refractivity contribution >= 4 is 23.7 Å². The minimum absolute atomic E-state index is 0.203. The number of fused-ring (bicyclic) bond motifs is 1. The van der Waals surface area contributed by atoms with Crippen LogP contribution in [0.2, 0.25) is 0 Å². The van der Waals surface area contributed by atoms with Crippen LogP contribution in [0.4, 0.5) is 4.79 Å². The van der Waals surface area contributed by atoms with Crippen LogP contribution < -0.4 is 20.5 Å². The van der Waals surface area contributed by atoms with Gasteiger partial charge in [-0.15, -0.1) is 10.2 Å². The van der Waals surface area contributed by atoms with E-state index in [1.54, 1.807) is 6.92 Å². The molecule has 1 aliphatic heterocycles. The number of urea groups is 1. The standard InChI is InChI=1S/C20H19N5O4S/c1-12(18(26)22-19(21)27)30-20-24-23-17(14-5-3-2-4-6-14)25(20)10-13-7-8-15-16(9-13)29-11-28-15/h2-9,12H,10-11H2,1H3,(H3,21,22,26,27)/t12-/m1/s1. The minimum Gasteiger partial charge on any atom is -0.454 e. The first-order valence-corrected chi connectivity index (χ1v) is 10.0. The summed E-state index contributed by atoms with van der Waals surface area (Å²) in [5.74, 6) is 1.56. The Bertz CT molecular complexity index is 1090. The van der Waals surface area contributed by atoms with Gasteiger partial charge in [-0.2, -0.15) is 0 Å². The molecular formula is C20H19N5O4S. The molecule has 4 rings (SSSR count). The lowest BCUT2D eigenvalue weighted by Crippen LogP contribution is -2.39. The van der Waals surface area contributed by atoms with E-state index >= 15 is 0 Å². The molecule has 1 atom stereocenters. The molecule has 154 valence electrons. The van der Waals surface area contributed by atoms with Crippen LogP contribution in [-0.2, 0) is 11.3 Å². The number of nitrogens with two attached hydrogens (primary N) is 1. The second-order valence-electron chi connectivity index (χ2n) is 6.56. The number of carbonyl (C=O) groups is 2. The Morgan fingerprint density at radius 1 is 1.17 bits per heavy atom. The number of carbonyl (C=O) groups excluding carboxylic acids is 2. The van der Waals surface area contributed by atoms with E-state index in [0.29, 0.717) is 29.0 Å². The molecule has 0 spiro atoms. The number of hydrogen-bond donors (Lipinski definition) is 2. The summed E-state index contributed by atoms with van der Waals surface area (Å²) in [6, 6.07) is 14.5. The first-order chi connectivity index (χ1) is 14.5. The van der Waals surface area contributed by atoms with Gasteiger partial charge >= 0.3 is 6.03 Å². The number of thioether (sulfide) groups is 1. The fourth-order valence-corrected chi connectivity index (χ4v) is 3.82. The third kappa shape index (κ3) is 4.23. The average Bonchev–Trinajstić information content (AvgIpc) is 3.35. The van der Waals surface area contributed by atoms with Gasteiger partial charge in [-0.05, 0) is 24.6 Å². The van der Waals surface area contributed by atoms with Crippen molar-refractivity contribution in [1.29, 1.82) is 0 Å². The Labute approximate surface area is 176 Å². The molecule has 1 aliphatic rings. The molecule has 0 aliphatic carbocycles. The van der Waals surface area contributed by atoms with Crippen molar-refractivity contribution in [2.75, 3.05) is 6.79 Å². The zero-order valence-electron chi connectivity index (χ0n) is 16.1. The van der Waals surface area contributed by atoms with Crippen LogP contribution in [0.25, 0.3) is 11.4 Å². The zero-order valence-corrected chi connectivity index (χ0v) is 16.9. The van der Waals surface area contributed by atoms with Crippen molar-refractivity contribution in [3.8, 4) is 22.9 Å². The van der Waals surface area contributed by atoms with Gasteiger partial charge in [0.2, 0.25) is 12.7 Å². The summed E-state index contributed by atoms with van der Waals surface area (Å²) in [7, 11) is 0. The van der Waals surface area contributed by atoms with E-state index in [0.717, 1.165) is 11.1 Å². The van der Waals surface area contributed by atoms with Crippen LogP contribution in [0.15, 0.2) is 53.7 Å². The fraction of sp³-hybridized carbons (Fsp3) is 0.200. The molecule has 9 nitrogen and oxygen atoms in total. The molecule has 10 heteroatoms. The van der Waals surface area contributed by atoms with Gasteiger partial charge < -0.3 is 15.2 Å². The van der Waals surface area contributed by atoms with Crippen LogP contribution in [0.3, 0.4) is 0 Å². The smallest absolute Gasteiger partial charge is 0.318 e. The van der Waals surface area contributed by atoms with Gasteiger partial charge in [0.05, 0.1) is 11.8 Å². The third-order valence-electron chi connectivity index (χ3n) is 4.42. The summed E-state index contributed by atoms with van der Waals surface area (Å²) in [4.78, 5) is 23.1. The highest BCUT2D eigenvalue weighted by Crippen LogP contribution is 2.34. The predicted octanol–water partition coefficient (Wildman–Crippen LogP) is 2.40. The molecule has 30 heavy (non-hydrogen) atoms. The maximum Gasteiger partial charge on any atom is 0.318 e. The highest BCUT2D eigenvalue weighted by atomic mass is 32.2. The van der Waals surface area contributed by atoms with Gasteiger partial charge in [0, 0.05) is 5.56 Å². The van der Waals surface area contributed by atoms with E-state index in [9.17, 15) is 9.59 Å². The highest BCUT2D eigenvalue weighted by molar-refractivity contribution is 8.00. The maximum absolute atomic E-state index is 12.1. The second kappa shape index (κ2) is 8.46. The summed E-state index contributed by atoms with van der Waals surface area (Å²) in [5, 5.41) is 10.7. The number of nitrogens with one attached hydrogen (secondary N) is 1. The number of benzene rings is 2. The molecule has 2 aromatic carbocycles. The van der Waals surface area contributed by atoms with E-state index in [2.05, 4.69) is 15.5 Å². The van der Waals surface area contributed by atoms with Gasteiger partial charge in [0.15, 0.2) is 22.5 Å². The SMILES string of the molecule is C[C@@H](Sc1nnc(-c2ccccc2)n1Cc1ccc2c(c1)OCO2)C(=O)NC(N)=O. The van der Waals surface area contributed by atoms with E-state index < -0.39 is 17.2 Å². The number of rotatable bonds is 6. The van der Waals surface area contributed by atoms with Crippen LogP contribution >= 0.6 is 11.8 Å². The normalized spacial score (nSPS) is 13.1. The summed E-state index contributed by atoms with van der Waals surface area (Å²) < 4.78 is 12.8. The summed E-state index contributed by atoms with van der Waals surface area (Å²) >= 11 is 1.19. The number of imide groups is 1. The minimum atomic E-state index is -0.890. The number of hydrogen-bond acceptors (Lipinski definition) is 7. The maximum atomic E-state index is 12.1. The van der Waals surface area contributed by atoms with Gasteiger partial charge in [0.25, 0.3) is 0 Å². The Morgan fingerprint density at radius 3 is 2.70 bits per heavy atom. The van der Waals surface area contributed by atoms with Crippen LogP contribution in [0.1, 0.15) is 12.5 Å². The first-order valence-electron chi connectivity index (χ1n) is 9.15. The monoisotopic (exact) mass is 425 g/mol. The first kappa shape index (κ1) is 19.8. The summed E-state index contributed by atoms with van der Waals surface area (Å²) in [6.45, 7) is 2.33. The second-order valence-corrected chi connectivity index (χ2v) is 7.87. The molecule has 3 aromatic rings. The van der Waals surface area contributed by atoms with Crippen LogP contribution in [0.5, 0.6) is 11.5 Å². The van der Waals surface area contributed by atoms with Crippen LogP contribution in [0, 0.1) is 0 Å². The van der Waals surface area contributed by atoms with Crippen molar-refractivity contribution in [3.05, 3.63) is 54.1 Å². The predicted molar refractivity (Wildman–Crippen MR) is 110 cm³/mol. The molecule has 1 aromatic heterocycles. The lowest BCUT2D eigenvalue weighted by molar-refractivity contribution is -0.119. The molecular weight excluding hydrogens is 406 g/mol. The molecule has 0 saturated heterocycles. The number of amides is 3. The Hall–Kier alpha value is -3.53. The largest absolute Gasteiger partial charge is 0.454 e. The zero-order chi connectivity index (χ0) is 21.1. The molecule has 0 saturated carbocycles. The fourth-order valence-electron chi connectivity index (χ4n) is 2.98. The molecule has 0 bridgehead atoms. The van der Waals surface area contributed by atoms with Crippen molar-refractivity contribution < 1.29 is 19.1 Å². The van der Waals surface area contributed by atoms with Crippen LogP contribution in [-0.4, -0.2) is 38.7 Å². The molecule has 2 heterocycles. The quantitative estimate of drug-likeness (QED) is 0.582. The van der Waals surface area contributed by atoms with Crippen molar-refractivity contribution in [2.24, 2.45) is 5.73 Å². The number of aromatic nitrogens is 3. The lowest BCUT2D eigenvalue weighted by Gasteiger charge is -2.13. The van der Waals surface area contributed by atoms with Gasteiger partial charge in [0.1, 0.15) is 0 Å². The summed E-state index contributed by atoms with van der Waals surface area (Å²) in [5.41, 5.74) is 6.91. The molecule has 3 amide bonds. The summed E-state index contributed by atoms with van der Waals surface area (Å²) in [6.07, 6.45) is 0. The molecule has 0 radical (unpaired) electrons. The van der Waals surface area contributed by atoms with Gasteiger partial charge in [-0.25, -0.2) is 4.79 Å². The van der Waals surface area contributed by atoms with E-state index in [1.165, 1.54) is 11.8 Å². The Morgan fingerprint density at radius 2 is 1.93 bits per heavy atom. The Balaban J connectivity index is 1.66. The van der Waals surface area contributed by atoms with Gasteiger partial charge in [-0.1, -0.05) is 48.2 Å². The van der Waals surface area contributed by atoms with Crippen molar-refractivity contribution in [1.82, 2.24) is 20.1 Å². The molecule has 0 fully saturated rings. The Kier molecular flexibility index (Phi) is 5.57. The van der Waals surface area contributed by atoms with E-state index in [-0.39, 0.29) is 6.79 Å². The third-order valence-corrected chi connectivity index (χ3v) is 5.50. The topological polar surface area (TPSA) is 121 Å². The van der Waals surface area contributed by atoms with Crippen molar-refractivity contribution in [2.45, 2.75) is 23.9 Å². The van der Waals surface area contributed by atoms with Crippen molar-refractivity contribution in [3.63, 3.8) is 0 Å². The molecule has 3 N–H and O–H groups in total. The van der Waals surface area contributed by atoms with E-state index in [4.69, 9.17) is 15.2 Å². The van der Waals surface area contributed by atoms with Gasteiger partial charge in [-0.3, -0.25) is 14.7 Å². The number of nitrogens with zero attached hydrogens (tertiary/aromatic N) is 3. The highest BCUT2D eigenvalue weighted by Gasteiger charge is 2.22. The molecule has 0 unspecified atom stereocenters.